The standard InChI is InChI=1S/C9H8Br2/c1-6-3-4-8(7(2)10)5-9(6)11/h3-5H,2H2,1H3. The van der Waals surface area contributed by atoms with Crippen molar-refractivity contribution in [1.82, 2.24) is 0 Å². The van der Waals surface area contributed by atoms with E-state index in [2.05, 4.69) is 51.4 Å². The second-order valence-electron chi connectivity index (χ2n) is 2.37. The average Bonchev–Trinajstić information content (AvgIpc) is 1.94. The van der Waals surface area contributed by atoms with Gasteiger partial charge in [-0.25, -0.2) is 0 Å². The average molecular weight is 276 g/mol. The molecule has 0 nitrogen and oxygen atoms in total. The first-order valence-electron chi connectivity index (χ1n) is 3.22. The Morgan fingerprint density at radius 1 is 1.45 bits per heavy atom. The largest absolute Gasteiger partial charge is 0.0841 e. The highest BCUT2D eigenvalue weighted by molar-refractivity contribution is 9.15. The molecule has 0 saturated heterocycles. The molecule has 0 aromatic heterocycles. The Hall–Kier alpha value is -0.0800. The minimum absolute atomic E-state index is 0.915. The van der Waals surface area contributed by atoms with Crippen LogP contribution in [0, 0.1) is 6.92 Å². The normalized spacial score (nSPS) is 9.73. The maximum atomic E-state index is 3.79. The molecule has 0 atom stereocenters. The van der Waals surface area contributed by atoms with Crippen LogP contribution < -0.4 is 0 Å². The van der Waals surface area contributed by atoms with Gasteiger partial charge in [0.2, 0.25) is 0 Å². The SMILES string of the molecule is C=C(Br)c1ccc(C)c(Br)c1. The minimum atomic E-state index is 0.915. The third-order valence-electron chi connectivity index (χ3n) is 1.49. The Bertz CT molecular complexity index is 290. The van der Waals surface area contributed by atoms with Gasteiger partial charge < -0.3 is 0 Å². The van der Waals surface area contributed by atoms with Crippen LogP contribution in [0.2, 0.25) is 0 Å². The van der Waals surface area contributed by atoms with Crippen LogP contribution >= 0.6 is 31.9 Å². The van der Waals surface area contributed by atoms with Gasteiger partial charge in [-0.2, -0.15) is 0 Å². The topological polar surface area (TPSA) is 0 Å². The Balaban J connectivity index is 3.15. The molecule has 0 aliphatic rings. The summed E-state index contributed by atoms with van der Waals surface area (Å²) in [4.78, 5) is 0. The third kappa shape index (κ3) is 2.17. The summed E-state index contributed by atoms with van der Waals surface area (Å²) < 4.78 is 2.04. The molecule has 11 heavy (non-hydrogen) atoms. The van der Waals surface area contributed by atoms with Gasteiger partial charge in [-0.3, -0.25) is 0 Å². The zero-order valence-electron chi connectivity index (χ0n) is 6.20. The van der Waals surface area contributed by atoms with Gasteiger partial charge in [0.25, 0.3) is 0 Å². The van der Waals surface area contributed by atoms with Crippen molar-refractivity contribution in [3.63, 3.8) is 0 Å². The molecule has 0 aliphatic carbocycles. The summed E-state index contributed by atoms with van der Waals surface area (Å²) in [6.45, 7) is 5.85. The van der Waals surface area contributed by atoms with Crippen molar-refractivity contribution in [3.8, 4) is 0 Å². The number of aryl methyl sites for hydroxylation is 1. The fourth-order valence-corrected chi connectivity index (χ4v) is 1.39. The minimum Gasteiger partial charge on any atom is -0.0841 e. The molecule has 1 aromatic carbocycles. The van der Waals surface area contributed by atoms with E-state index in [0.29, 0.717) is 0 Å². The molecule has 1 rings (SSSR count). The second-order valence-corrected chi connectivity index (χ2v) is 4.18. The molecule has 0 fully saturated rings. The van der Waals surface area contributed by atoms with Crippen molar-refractivity contribution in [2.75, 3.05) is 0 Å². The molecule has 0 saturated carbocycles. The number of hydrogen-bond acceptors (Lipinski definition) is 0. The van der Waals surface area contributed by atoms with Gasteiger partial charge in [-0.15, -0.1) is 0 Å². The maximum Gasteiger partial charge on any atom is 0.0210 e. The molecule has 0 amide bonds. The van der Waals surface area contributed by atoms with Crippen LogP contribution in [0.1, 0.15) is 11.1 Å². The molecule has 1 aromatic rings. The molecular formula is C9H8Br2. The van der Waals surface area contributed by atoms with Crippen LogP contribution in [-0.4, -0.2) is 0 Å². The van der Waals surface area contributed by atoms with Crippen molar-refractivity contribution >= 4 is 36.3 Å². The highest BCUT2D eigenvalue weighted by Gasteiger charge is 1.97. The van der Waals surface area contributed by atoms with Gasteiger partial charge in [-0.05, 0) is 24.1 Å². The van der Waals surface area contributed by atoms with Crippen molar-refractivity contribution in [3.05, 3.63) is 40.4 Å². The smallest absolute Gasteiger partial charge is 0.0210 e. The fraction of sp³-hybridized carbons (Fsp3) is 0.111. The summed E-state index contributed by atoms with van der Waals surface area (Å²) in [5.74, 6) is 0. The maximum absolute atomic E-state index is 3.79. The van der Waals surface area contributed by atoms with E-state index in [1.54, 1.807) is 0 Å². The van der Waals surface area contributed by atoms with E-state index < -0.39 is 0 Å². The van der Waals surface area contributed by atoms with E-state index in [-0.39, 0.29) is 0 Å². The lowest BCUT2D eigenvalue weighted by molar-refractivity contribution is 1.42. The Morgan fingerprint density at radius 3 is 2.55 bits per heavy atom. The van der Waals surface area contributed by atoms with Crippen LogP contribution in [0.5, 0.6) is 0 Å². The van der Waals surface area contributed by atoms with E-state index >= 15 is 0 Å². The molecule has 0 spiro atoms. The van der Waals surface area contributed by atoms with Crippen LogP contribution in [0.15, 0.2) is 29.3 Å². The van der Waals surface area contributed by atoms with Gasteiger partial charge >= 0.3 is 0 Å². The van der Waals surface area contributed by atoms with Gasteiger partial charge in [0.05, 0.1) is 0 Å². The first kappa shape index (κ1) is 9.01. The van der Waals surface area contributed by atoms with Crippen molar-refractivity contribution in [2.45, 2.75) is 6.92 Å². The number of benzene rings is 1. The van der Waals surface area contributed by atoms with E-state index in [0.717, 1.165) is 14.5 Å². The summed E-state index contributed by atoms with van der Waals surface area (Å²) in [5.41, 5.74) is 2.35. The first-order chi connectivity index (χ1) is 5.11. The summed E-state index contributed by atoms with van der Waals surface area (Å²) in [6.07, 6.45) is 0. The summed E-state index contributed by atoms with van der Waals surface area (Å²) in [5, 5.41) is 0. The zero-order chi connectivity index (χ0) is 8.43. The molecule has 0 heterocycles. The summed E-state index contributed by atoms with van der Waals surface area (Å²) in [6, 6.07) is 6.15. The molecule has 0 unspecified atom stereocenters. The second kappa shape index (κ2) is 3.55. The highest BCUT2D eigenvalue weighted by atomic mass is 79.9. The van der Waals surface area contributed by atoms with E-state index in [4.69, 9.17) is 0 Å². The third-order valence-corrected chi connectivity index (χ3v) is 2.80. The Labute approximate surface area is 83.6 Å². The molecule has 0 radical (unpaired) electrons. The lowest BCUT2D eigenvalue weighted by atomic mass is 10.1. The number of hydrogen-bond donors (Lipinski definition) is 0. The molecule has 0 aliphatic heterocycles. The number of halogens is 2. The molecular weight excluding hydrogens is 268 g/mol. The van der Waals surface area contributed by atoms with Gasteiger partial charge in [0.15, 0.2) is 0 Å². The Morgan fingerprint density at radius 2 is 2.09 bits per heavy atom. The van der Waals surface area contributed by atoms with Crippen molar-refractivity contribution in [1.29, 1.82) is 0 Å². The molecule has 58 valence electrons. The first-order valence-corrected chi connectivity index (χ1v) is 4.81. The summed E-state index contributed by atoms with van der Waals surface area (Å²) in [7, 11) is 0. The fourth-order valence-electron chi connectivity index (χ4n) is 0.762. The number of rotatable bonds is 1. The molecule has 2 heteroatoms. The lowest BCUT2D eigenvalue weighted by Crippen LogP contribution is -1.78. The quantitative estimate of drug-likeness (QED) is 0.723. The highest BCUT2D eigenvalue weighted by Crippen LogP contribution is 2.24. The molecule has 0 bridgehead atoms. The summed E-state index contributed by atoms with van der Waals surface area (Å²) >= 11 is 6.78. The monoisotopic (exact) mass is 274 g/mol. The van der Waals surface area contributed by atoms with Gasteiger partial charge in [0.1, 0.15) is 0 Å². The zero-order valence-corrected chi connectivity index (χ0v) is 9.37. The van der Waals surface area contributed by atoms with Gasteiger partial charge in [0, 0.05) is 8.96 Å². The predicted molar refractivity (Wildman–Crippen MR) is 56.8 cm³/mol. The van der Waals surface area contributed by atoms with Crippen molar-refractivity contribution in [2.24, 2.45) is 0 Å². The lowest BCUT2D eigenvalue weighted by Gasteiger charge is -2.01. The van der Waals surface area contributed by atoms with Crippen LogP contribution in [0.3, 0.4) is 0 Å². The van der Waals surface area contributed by atoms with Crippen LogP contribution in [-0.2, 0) is 0 Å². The van der Waals surface area contributed by atoms with E-state index in [9.17, 15) is 0 Å². The van der Waals surface area contributed by atoms with Crippen molar-refractivity contribution < 1.29 is 0 Å². The Kier molecular flexibility index (Phi) is 2.90. The van der Waals surface area contributed by atoms with E-state index in [1.807, 2.05) is 12.1 Å². The predicted octanol–water partition coefficient (Wildman–Crippen LogP) is 4.12. The van der Waals surface area contributed by atoms with Crippen LogP contribution in [0.25, 0.3) is 4.48 Å². The molecule has 0 N–H and O–H groups in total. The van der Waals surface area contributed by atoms with Crippen LogP contribution in [0.4, 0.5) is 0 Å². The van der Waals surface area contributed by atoms with E-state index in [1.165, 1.54) is 5.56 Å². The van der Waals surface area contributed by atoms with Gasteiger partial charge in [-0.1, -0.05) is 50.6 Å².